The number of nitrogens with two attached hydrogens (primary N) is 1. The fourth-order valence-electron chi connectivity index (χ4n) is 1.46. The summed E-state index contributed by atoms with van der Waals surface area (Å²) in [5, 5.41) is 1.23. The van der Waals surface area contributed by atoms with E-state index in [0.29, 0.717) is 6.54 Å². The molecular formula is C10H11BrN2. The van der Waals surface area contributed by atoms with Crippen LogP contribution in [0, 0.1) is 0 Å². The molecule has 0 aliphatic heterocycles. The van der Waals surface area contributed by atoms with Crippen LogP contribution in [0.5, 0.6) is 0 Å². The largest absolute Gasteiger partial charge is 0.361 e. The molecule has 0 atom stereocenters. The van der Waals surface area contributed by atoms with E-state index in [1.807, 2.05) is 6.20 Å². The van der Waals surface area contributed by atoms with E-state index in [0.717, 1.165) is 10.9 Å². The summed E-state index contributed by atoms with van der Waals surface area (Å²) < 4.78 is 1.14. The Morgan fingerprint density at radius 2 is 2.23 bits per heavy atom. The predicted molar refractivity (Wildman–Crippen MR) is 58.8 cm³/mol. The number of benzene rings is 1. The molecule has 0 unspecified atom stereocenters. The Balaban J connectivity index is 2.56. The van der Waals surface area contributed by atoms with Crippen molar-refractivity contribution >= 4 is 26.8 Å². The van der Waals surface area contributed by atoms with Gasteiger partial charge in [0.15, 0.2) is 0 Å². The third kappa shape index (κ3) is 1.62. The van der Waals surface area contributed by atoms with Crippen molar-refractivity contribution in [2.75, 3.05) is 6.54 Å². The van der Waals surface area contributed by atoms with E-state index in [4.69, 9.17) is 5.73 Å². The summed E-state index contributed by atoms with van der Waals surface area (Å²) in [6, 6.07) is 6.33. The zero-order valence-corrected chi connectivity index (χ0v) is 8.76. The van der Waals surface area contributed by atoms with Crippen LogP contribution in [0.1, 0.15) is 5.56 Å². The lowest BCUT2D eigenvalue weighted by atomic mass is 10.1. The minimum absolute atomic E-state index is 0.685. The first-order valence-corrected chi connectivity index (χ1v) is 5.06. The van der Waals surface area contributed by atoms with Crippen LogP contribution >= 0.6 is 15.9 Å². The monoisotopic (exact) mass is 238 g/mol. The lowest BCUT2D eigenvalue weighted by molar-refractivity contribution is 0.965. The molecule has 0 fully saturated rings. The molecule has 1 aromatic heterocycles. The molecule has 3 heteroatoms. The molecule has 3 N–H and O–H groups in total. The van der Waals surface area contributed by atoms with Gasteiger partial charge >= 0.3 is 0 Å². The molecule has 2 aromatic rings. The van der Waals surface area contributed by atoms with Gasteiger partial charge in [0.05, 0.1) is 0 Å². The molecule has 13 heavy (non-hydrogen) atoms. The van der Waals surface area contributed by atoms with Crippen LogP contribution in [0.2, 0.25) is 0 Å². The molecule has 1 aromatic carbocycles. The first-order chi connectivity index (χ1) is 6.31. The number of hydrogen-bond acceptors (Lipinski definition) is 1. The molecule has 2 nitrogen and oxygen atoms in total. The zero-order valence-electron chi connectivity index (χ0n) is 7.18. The summed E-state index contributed by atoms with van der Waals surface area (Å²) in [6.45, 7) is 0.685. The molecule has 68 valence electrons. The van der Waals surface area contributed by atoms with Gasteiger partial charge in [0.25, 0.3) is 0 Å². The van der Waals surface area contributed by atoms with Gasteiger partial charge in [-0.05, 0) is 36.7 Å². The Morgan fingerprint density at radius 1 is 1.38 bits per heavy atom. The fourth-order valence-corrected chi connectivity index (χ4v) is 2.02. The van der Waals surface area contributed by atoms with Crippen molar-refractivity contribution in [2.45, 2.75) is 6.42 Å². The van der Waals surface area contributed by atoms with Crippen molar-refractivity contribution in [3.05, 3.63) is 34.4 Å². The number of halogens is 1. The molecule has 0 radical (unpaired) electrons. The van der Waals surface area contributed by atoms with E-state index in [2.05, 4.69) is 39.1 Å². The van der Waals surface area contributed by atoms with E-state index < -0.39 is 0 Å². The van der Waals surface area contributed by atoms with Gasteiger partial charge in [0, 0.05) is 21.6 Å². The van der Waals surface area contributed by atoms with E-state index in [-0.39, 0.29) is 0 Å². The highest BCUT2D eigenvalue weighted by Crippen LogP contribution is 2.23. The number of fused-ring (bicyclic) bond motifs is 1. The Hall–Kier alpha value is -0.800. The first kappa shape index (κ1) is 8.78. The molecule has 0 bridgehead atoms. The summed E-state index contributed by atoms with van der Waals surface area (Å²) in [7, 11) is 0. The van der Waals surface area contributed by atoms with Crippen molar-refractivity contribution in [1.29, 1.82) is 0 Å². The van der Waals surface area contributed by atoms with Crippen molar-refractivity contribution in [3.63, 3.8) is 0 Å². The topological polar surface area (TPSA) is 41.8 Å². The van der Waals surface area contributed by atoms with Crippen LogP contribution in [0.15, 0.2) is 28.9 Å². The quantitative estimate of drug-likeness (QED) is 0.830. The predicted octanol–water partition coefficient (Wildman–Crippen LogP) is 2.43. The van der Waals surface area contributed by atoms with Gasteiger partial charge in [-0.1, -0.05) is 15.9 Å². The molecule has 0 aliphatic carbocycles. The second kappa shape index (κ2) is 3.52. The maximum atomic E-state index is 5.52. The van der Waals surface area contributed by atoms with Crippen molar-refractivity contribution < 1.29 is 0 Å². The van der Waals surface area contributed by atoms with Gasteiger partial charge in [0.1, 0.15) is 0 Å². The van der Waals surface area contributed by atoms with Crippen LogP contribution in [0.3, 0.4) is 0 Å². The number of aromatic nitrogens is 1. The SMILES string of the molecule is NCCc1cc2[nH]ccc2cc1Br. The van der Waals surface area contributed by atoms with E-state index >= 15 is 0 Å². The normalized spacial score (nSPS) is 10.9. The van der Waals surface area contributed by atoms with Crippen LogP contribution in [0.25, 0.3) is 10.9 Å². The fraction of sp³-hybridized carbons (Fsp3) is 0.200. The van der Waals surface area contributed by atoms with Gasteiger partial charge < -0.3 is 10.7 Å². The molecule has 1 heterocycles. The number of rotatable bonds is 2. The number of aromatic amines is 1. The third-order valence-electron chi connectivity index (χ3n) is 2.13. The van der Waals surface area contributed by atoms with E-state index in [1.165, 1.54) is 16.5 Å². The van der Waals surface area contributed by atoms with Gasteiger partial charge in [-0.3, -0.25) is 0 Å². The molecule has 0 amide bonds. The minimum atomic E-state index is 0.685. The summed E-state index contributed by atoms with van der Waals surface area (Å²) in [5.41, 5.74) is 7.95. The summed E-state index contributed by atoms with van der Waals surface area (Å²) >= 11 is 3.53. The highest BCUT2D eigenvalue weighted by Gasteiger charge is 2.02. The highest BCUT2D eigenvalue weighted by atomic mass is 79.9. The average molecular weight is 239 g/mol. The molecule has 2 rings (SSSR count). The molecule has 0 spiro atoms. The van der Waals surface area contributed by atoms with Crippen LogP contribution in [0.4, 0.5) is 0 Å². The van der Waals surface area contributed by atoms with Gasteiger partial charge in [-0.15, -0.1) is 0 Å². The first-order valence-electron chi connectivity index (χ1n) is 4.27. The van der Waals surface area contributed by atoms with E-state index in [9.17, 15) is 0 Å². The average Bonchev–Trinajstić information content (AvgIpc) is 2.52. The van der Waals surface area contributed by atoms with Crippen LogP contribution in [-0.2, 0) is 6.42 Å². The van der Waals surface area contributed by atoms with E-state index in [1.54, 1.807) is 0 Å². The Labute approximate surface area is 85.3 Å². The Bertz CT molecular complexity index is 420. The number of H-pyrrole nitrogens is 1. The maximum absolute atomic E-state index is 5.52. The molecule has 0 saturated carbocycles. The van der Waals surface area contributed by atoms with Crippen molar-refractivity contribution in [2.24, 2.45) is 5.73 Å². The highest BCUT2D eigenvalue weighted by molar-refractivity contribution is 9.10. The third-order valence-corrected chi connectivity index (χ3v) is 2.87. The second-order valence-electron chi connectivity index (χ2n) is 3.05. The standard InChI is InChI=1S/C10H11BrN2/c11-9-5-8-2-4-13-10(8)6-7(9)1-3-12/h2,4-6,13H,1,3,12H2. The van der Waals surface area contributed by atoms with Crippen molar-refractivity contribution in [3.8, 4) is 0 Å². The summed E-state index contributed by atoms with van der Waals surface area (Å²) in [5.74, 6) is 0. The molecule has 0 aliphatic rings. The lowest BCUT2D eigenvalue weighted by Gasteiger charge is -2.02. The molecule has 0 saturated heterocycles. The Kier molecular flexibility index (Phi) is 2.38. The minimum Gasteiger partial charge on any atom is -0.361 e. The number of nitrogens with one attached hydrogen (secondary N) is 1. The van der Waals surface area contributed by atoms with Crippen LogP contribution in [-0.4, -0.2) is 11.5 Å². The lowest BCUT2D eigenvalue weighted by Crippen LogP contribution is -2.03. The number of hydrogen-bond donors (Lipinski definition) is 2. The molecular weight excluding hydrogens is 228 g/mol. The van der Waals surface area contributed by atoms with Gasteiger partial charge in [0.2, 0.25) is 0 Å². The van der Waals surface area contributed by atoms with Crippen molar-refractivity contribution in [1.82, 2.24) is 4.98 Å². The Morgan fingerprint density at radius 3 is 3.00 bits per heavy atom. The zero-order chi connectivity index (χ0) is 9.26. The summed E-state index contributed by atoms with van der Waals surface area (Å²) in [6.07, 6.45) is 2.86. The van der Waals surface area contributed by atoms with Gasteiger partial charge in [-0.2, -0.15) is 0 Å². The maximum Gasteiger partial charge on any atom is 0.0457 e. The van der Waals surface area contributed by atoms with Crippen LogP contribution < -0.4 is 5.73 Å². The summed E-state index contributed by atoms with van der Waals surface area (Å²) in [4.78, 5) is 3.18. The smallest absolute Gasteiger partial charge is 0.0457 e. The second-order valence-corrected chi connectivity index (χ2v) is 3.90. The van der Waals surface area contributed by atoms with Gasteiger partial charge in [-0.25, -0.2) is 0 Å².